The summed E-state index contributed by atoms with van der Waals surface area (Å²) in [5, 5.41) is 7.63. The minimum absolute atomic E-state index is 0.244. The Balaban J connectivity index is 2.04. The molecule has 0 atom stereocenters. The number of nitrogens with one attached hydrogen (secondary N) is 1. The molecule has 1 aromatic heterocycles. The van der Waals surface area contributed by atoms with E-state index in [-0.39, 0.29) is 12.3 Å². The number of hydrogen-bond acceptors (Lipinski definition) is 3. The van der Waals surface area contributed by atoms with Gasteiger partial charge in [-0.15, -0.1) is 0 Å². The number of benzene rings is 1. The van der Waals surface area contributed by atoms with Crippen LogP contribution in [0.4, 0.5) is 5.69 Å². The highest BCUT2D eigenvalue weighted by atomic mass is 16.1. The summed E-state index contributed by atoms with van der Waals surface area (Å²) < 4.78 is 1.92. The highest BCUT2D eigenvalue weighted by Crippen LogP contribution is 2.17. The van der Waals surface area contributed by atoms with Gasteiger partial charge in [0.05, 0.1) is 12.6 Å². The first-order valence-electron chi connectivity index (χ1n) is 6.69. The van der Waals surface area contributed by atoms with Crippen LogP contribution in [0, 0.1) is 0 Å². The van der Waals surface area contributed by atoms with Crippen molar-refractivity contribution in [2.45, 2.75) is 32.9 Å². The molecule has 2 rings (SSSR count). The Morgan fingerprint density at radius 3 is 2.80 bits per heavy atom. The van der Waals surface area contributed by atoms with Gasteiger partial charge >= 0.3 is 0 Å². The number of nitrogens with two attached hydrogens (primary N) is 1. The van der Waals surface area contributed by atoms with Crippen molar-refractivity contribution in [1.82, 2.24) is 9.78 Å². The molecule has 0 bridgehead atoms. The summed E-state index contributed by atoms with van der Waals surface area (Å²) in [6.07, 6.45) is 4.12. The fourth-order valence-corrected chi connectivity index (χ4v) is 1.98. The molecule has 0 spiro atoms. The second-order valence-corrected chi connectivity index (χ2v) is 5.08. The van der Waals surface area contributed by atoms with E-state index in [9.17, 15) is 4.79 Å². The monoisotopic (exact) mass is 272 g/mol. The number of anilines is 1. The number of para-hydroxylation sites is 1. The number of primary amides is 1. The fourth-order valence-electron chi connectivity index (χ4n) is 1.98. The van der Waals surface area contributed by atoms with Crippen molar-refractivity contribution in [3.63, 3.8) is 0 Å². The number of rotatable bonds is 6. The SMILES string of the molecule is CC(C)n1cc(CNc2ccccc2CC(N)=O)cn1. The van der Waals surface area contributed by atoms with E-state index in [0.717, 1.165) is 16.8 Å². The molecule has 0 aliphatic heterocycles. The summed E-state index contributed by atoms with van der Waals surface area (Å²) in [6.45, 7) is 4.85. The Bertz CT molecular complexity index is 589. The first kappa shape index (κ1) is 14.1. The van der Waals surface area contributed by atoms with E-state index in [1.807, 2.05) is 41.3 Å². The second kappa shape index (κ2) is 6.23. The molecule has 3 N–H and O–H groups in total. The van der Waals surface area contributed by atoms with Gasteiger partial charge in [-0.25, -0.2) is 0 Å². The van der Waals surface area contributed by atoms with Crippen LogP contribution in [0.5, 0.6) is 0 Å². The van der Waals surface area contributed by atoms with Gasteiger partial charge in [-0.3, -0.25) is 9.48 Å². The molecule has 5 heteroatoms. The van der Waals surface area contributed by atoms with Crippen LogP contribution >= 0.6 is 0 Å². The molecule has 1 aromatic carbocycles. The van der Waals surface area contributed by atoms with Crippen molar-refractivity contribution < 1.29 is 4.79 Å². The molecule has 1 heterocycles. The van der Waals surface area contributed by atoms with Crippen LogP contribution in [0.1, 0.15) is 31.0 Å². The van der Waals surface area contributed by atoms with Crippen LogP contribution in [0.2, 0.25) is 0 Å². The first-order chi connectivity index (χ1) is 9.56. The molecule has 1 amide bonds. The molecule has 2 aromatic rings. The third-order valence-corrected chi connectivity index (χ3v) is 3.05. The average molecular weight is 272 g/mol. The van der Waals surface area contributed by atoms with Crippen molar-refractivity contribution in [3.8, 4) is 0 Å². The number of amides is 1. The largest absolute Gasteiger partial charge is 0.381 e. The van der Waals surface area contributed by atoms with Gasteiger partial charge in [0.25, 0.3) is 0 Å². The molecule has 0 saturated carbocycles. The Kier molecular flexibility index (Phi) is 4.40. The summed E-state index contributed by atoms with van der Waals surface area (Å²) >= 11 is 0. The number of aromatic nitrogens is 2. The van der Waals surface area contributed by atoms with Gasteiger partial charge in [-0.1, -0.05) is 18.2 Å². The zero-order chi connectivity index (χ0) is 14.5. The predicted octanol–water partition coefficient (Wildman–Crippen LogP) is 2.10. The summed E-state index contributed by atoms with van der Waals surface area (Å²) in [5.41, 5.74) is 8.21. The van der Waals surface area contributed by atoms with Gasteiger partial charge in [-0.05, 0) is 25.5 Å². The summed E-state index contributed by atoms with van der Waals surface area (Å²) in [4.78, 5) is 11.1. The lowest BCUT2D eigenvalue weighted by Gasteiger charge is -2.10. The van der Waals surface area contributed by atoms with Crippen LogP contribution in [-0.2, 0) is 17.8 Å². The summed E-state index contributed by atoms with van der Waals surface area (Å²) in [7, 11) is 0. The number of carbonyl (C=O) groups is 1. The maximum absolute atomic E-state index is 11.1. The van der Waals surface area contributed by atoms with Gasteiger partial charge in [0, 0.05) is 30.0 Å². The molecule has 5 nitrogen and oxygen atoms in total. The Morgan fingerprint density at radius 2 is 2.15 bits per heavy atom. The molecule has 0 unspecified atom stereocenters. The van der Waals surface area contributed by atoms with E-state index >= 15 is 0 Å². The molecule has 0 fully saturated rings. The predicted molar refractivity (Wildman–Crippen MR) is 79.3 cm³/mol. The highest BCUT2D eigenvalue weighted by Gasteiger charge is 2.06. The van der Waals surface area contributed by atoms with Gasteiger partial charge < -0.3 is 11.1 Å². The van der Waals surface area contributed by atoms with Crippen LogP contribution in [0.25, 0.3) is 0 Å². The molecule has 0 saturated heterocycles. The van der Waals surface area contributed by atoms with E-state index < -0.39 is 0 Å². The van der Waals surface area contributed by atoms with Crippen molar-refractivity contribution in [2.75, 3.05) is 5.32 Å². The maximum atomic E-state index is 11.1. The third kappa shape index (κ3) is 3.60. The van der Waals surface area contributed by atoms with Crippen LogP contribution in [0.15, 0.2) is 36.7 Å². The third-order valence-electron chi connectivity index (χ3n) is 3.05. The first-order valence-corrected chi connectivity index (χ1v) is 6.69. The standard InChI is InChI=1S/C15H20N4O/c1-11(2)19-10-12(9-18-19)8-17-14-6-4-3-5-13(14)7-15(16)20/h3-6,9-11,17H,7-8H2,1-2H3,(H2,16,20). The minimum atomic E-state index is -0.327. The average Bonchev–Trinajstić information content (AvgIpc) is 2.86. The molecule has 0 aliphatic rings. The van der Waals surface area contributed by atoms with Crippen molar-refractivity contribution >= 4 is 11.6 Å². The lowest BCUT2D eigenvalue weighted by atomic mass is 10.1. The zero-order valence-electron chi connectivity index (χ0n) is 11.8. The molecule has 106 valence electrons. The van der Waals surface area contributed by atoms with E-state index in [1.165, 1.54) is 0 Å². The Hall–Kier alpha value is -2.30. The molecule has 20 heavy (non-hydrogen) atoms. The smallest absolute Gasteiger partial charge is 0.221 e. The fraction of sp³-hybridized carbons (Fsp3) is 0.333. The van der Waals surface area contributed by atoms with Crippen molar-refractivity contribution in [3.05, 3.63) is 47.8 Å². The van der Waals surface area contributed by atoms with Gasteiger partial charge in [0.1, 0.15) is 0 Å². The molecular weight excluding hydrogens is 252 g/mol. The molecule has 0 radical (unpaired) electrons. The normalized spacial score (nSPS) is 10.8. The maximum Gasteiger partial charge on any atom is 0.221 e. The number of carbonyl (C=O) groups excluding carboxylic acids is 1. The summed E-state index contributed by atoms with van der Waals surface area (Å²) in [5.74, 6) is -0.327. The van der Waals surface area contributed by atoms with Crippen LogP contribution in [-0.4, -0.2) is 15.7 Å². The van der Waals surface area contributed by atoms with E-state index in [0.29, 0.717) is 12.6 Å². The highest BCUT2D eigenvalue weighted by molar-refractivity contribution is 5.78. The van der Waals surface area contributed by atoms with Gasteiger partial charge in [-0.2, -0.15) is 5.10 Å². The molecule has 0 aliphatic carbocycles. The lowest BCUT2D eigenvalue weighted by molar-refractivity contribution is -0.117. The Labute approximate surface area is 118 Å². The topological polar surface area (TPSA) is 72.9 Å². The second-order valence-electron chi connectivity index (χ2n) is 5.08. The van der Waals surface area contributed by atoms with Gasteiger partial charge in [0.15, 0.2) is 0 Å². The van der Waals surface area contributed by atoms with Crippen LogP contribution < -0.4 is 11.1 Å². The van der Waals surface area contributed by atoms with Crippen LogP contribution in [0.3, 0.4) is 0 Å². The minimum Gasteiger partial charge on any atom is -0.381 e. The summed E-state index contributed by atoms with van der Waals surface area (Å²) in [6, 6.07) is 8.05. The zero-order valence-corrected chi connectivity index (χ0v) is 11.8. The van der Waals surface area contributed by atoms with E-state index in [2.05, 4.69) is 24.3 Å². The molecular formula is C15H20N4O. The van der Waals surface area contributed by atoms with Crippen molar-refractivity contribution in [2.24, 2.45) is 5.73 Å². The Morgan fingerprint density at radius 1 is 1.40 bits per heavy atom. The van der Waals surface area contributed by atoms with E-state index in [1.54, 1.807) is 0 Å². The number of hydrogen-bond donors (Lipinski definition) is 2. The van der Waals surface area contributed by atoms with Crippen molar-refractivity contribution in [1.29, 1.82) is 0 Å². The number of nitrogens with zero attached hydrogens (tertiary/aromatic N) is 2. The lowest BCUT2D eigenvalue weighted by Crippen LogP contribution is -2.15. The van der Waals surface area contributed by atoms with Gasteiger partial charge in [0.2, 0.25) is 5.91 Å². The quantitative estimate of drug-likeness (QED) is 0.845. The van der Waals surface area contributed by atoms with E-state index in [4.69, 9.17) is 5.73 Å².